The highest BCUT2D eigenvalue weighted by atomic mass is 16.4. The van der Waals surface area contributed by atoms with Crippen molar-refractivity contribution in [2.45, 2.75) is 19.4 Å². The Morgan fingerprint density at radius 1 is 1.21 bits per heavy atom. The summed E-state index contributed by atoms with van der Waals surface area (Å²) in [5, 5.41) is 12.3. The minimum absolute atomic E-state index is 0.0761. The van der Waals surface area contributed by atoms with Crippen LogP contribution in [0.25, 0.3) is 10.9 Å². The van der Waals surface area contributed by atoms with Crippen molar-refractivity contribution in [1.82, 2.24) is 9.88 Å². The lowest BCUT2D eigenvalue weighted by molar-refractivity contribution is -0.137. The quantitative estimate of drug-likeness (QED) is 0.775. The van der Waals surface area contributed by atoms with Crippen molar-refractivity contribution < 1.29 is 14.7 Å². The largest absolute Gasteiger partial charge is 0.481 e. The second-order valence-corrected chi connectivity index (χ2v) is 4.35. The molecule has 5 heteroatoms. The van der Waals surface area contributed by atoms with Crippen LogP contribution in [0, 0.1) is 0 Å². The molecule has 0 atom stereocenters. The molecule has 5 nitrogen and oxygen atoms in total. The highest BCUT2D eigenvalue weighted by Gasteiger charge is 2.05. The number of nitrogens with one attached hydrogen (secondary N) is 1. The van der Waals surface area contributed by atoms with Crippen molar-refractivity contribution in [3.63, 3.8) is 0 Å². The highest BCUT2D eigenvalue weighted by Crippen LogP contribution is 2.14. The van der Waals surface area contributed by atoms with Crippen molar-refractivity contribution in [3.05, 3.63) is 36.5 Å². The van der Waals surface area contributed by atoms with Crippen molar-refractivity contribution in [3.8, 4) is 0 Å². The molecule has 0 saturated heterocycles. The number of aliphatic carboxylic acids is 1. The molecule has 1 amide bonds. The second-order valence-electron chi connectivity index (χ2n) is 4.35. The molecule has 2 N–H and O–H groups in total. The molecule has 1 aromatic carbocycles. The van der Waals surface area contributed by atoms with E-state index in [0.29, 0.717) is 13.0 Å². The number of fused-ring (bicyclic) bond motifs is 1. The number of carboxylic acids is 1. The van der Waals surface area contributed by atoms with Crippen molar-refractivity contribution in [1.29, 1.82) is 0 Å². The third-order valence-electron chi connectivity index (χ3n) is 2.88. The van der Waals surface area contributed by atoms with Gasteiger partial charge >= 0.3 is 5.97 Å². The molecule has 0 spiro atoms. The van der Waals surface area contributed by atoms with E-state index in [-0.39, 0.29) is 18.9 Å². The van der Waals surface area contributed by atoms with E-state index in [1.807, 2.05) is 41.1 Å². The van der Waals surface area contributed by atoms with Gasteiger partial charge in [0.2, 0.25) is 5.91 Å². The van der Waals surface area contributed by atoms with E-state index in [9.17, 15) is 9.59 Å². The SMILES string of the molecule is O=C(O)CCCNC(=O)Cn1ccc2ccccc21. The van der Waals surface area contributed by atoms with E-state index in [0.717, 1.165) is 10.9 Å². The number of nitrogens with zero attached hydrogens (tertiary/aromatic N) is 1. The molecule has 0 aliphatic rings. The number of carbonyl (C=O) groups excluding carboxylic acids is 1. The molecule has 0 unspecified atom stereocenters. The van der Waals surface area contributed by atoms with Crippen molar-refractivity contribution in [2.24, 2.45) is 0 Å². The van der Waals surface area contributed by atoms with Crippen LogP contribution in [0.1, 0.15) is 12.8 Å². The first-order valence-corrected chi connectivity index (χ1v) is 6.19. The summed E-state index contributed by atoms with van der Waals surface area (Å²) in [5.74, 6) is -0.947. The fourth-order valence-corrected chi connectivity index (χ4v) is 1.96. The zero-order valence-corrected chi connectivity index (χ0v) is 10.5. The normalized spacial score (nSPS) is 10.5. The van der Waals surface area contributed by atoms with Gasteiger partial charge < -0.3 is 15.0 Å². The molecular formula is C14H16N2O3. The van der Waals surface area contributed by atoms with E-state index in [1.165, 1.54) is 0 Å². The maximum atomic E-state index is 11.7. The first-order chi connectivity index (χ1) is 9.16. The number of aromatic nitrogens is 1. The van der Waals surface area contributed by atoms with E-state index in [1.54, 1.807) is 0 Å². The summed E-state index contributed by atoms with van der Waals surface area (Å²) in [7, 11) is 0. The van der Waals surface area contributed by atoms with Crippen LogP contribution >= 0.6 is 0 Å². The Morgan fingerprint density at radius 2 is 2.00 bits per heavy atom. The number of benzene rings is 1. The van der Waals surface area contributed by atoms with Crippen LogP contribution in [0.5, 0.6) is 0 Å². The number of para-hydroxylation sites is 1. The maximum Gasteiger partial charge on any atom is 0.303 e. The molecule has 0 fully saturated rings. The number of carboxylic acid groups (broad SMARTS) is 1. The topological polar surface area (TPSA) is 71.3 Å². The monoisotopic (exact) mass is 260 g/mol. The Kier molecular flexibility index (Phi) is 4.18. The molecule has 19 heavy (non-hydrogen) atoms. The first kappa shape index (κ1) is 13.1. The van der Waals surface area contributed by atoms with Gasteiger partial charge in [0.15, 0.2) is 0 Å². The molecule has 0 bridgehead atoms. The number of hydrogen-bond donors (Lipinski definition) is 2. The molecular weight excluding hydrogens is 244 g/mol. The number of hydrogen-bond acceptors (Lipinski definition) is 2. The van der Waals surface area contributed by atoms with Crippen LogP contribution in [0.3, 0.4) is 0 Å². The smallest absolute Gasteiger partial charge is 0.303 e. The summed E-state index contributed by atoms with van der Waals surface area (Å²) in [5.41, 5.74) is 1.02. The average molecular weight is 260 g/mol. The van der Waals surface area contributed by atoms with Gasteiger partial charge in [-0.25, -0.2) is 0 Å². The Morgan fingerprint density at radius 3 is 2.79 bits per heavy atom. The Labute approximate surface area is 110 Å². The van der Waals surface area contributed by atoms with Gasteiger partial charge in [0.25, 0.3) is 0 Å². The lowest BCUT2D eigenvalue weighted by Crippen LogP contribution is -2.28. The lowest BCUT2D eigenvalue weighted by atomic mass is 10.2. The molecule has 0 aliphatic carbocycles. The predicted octanol–water partition coefficient (Wildman–Crippen LogP) is 1.62. The third-order valence-corrected chi connectivity index (χ3v) is 2.88. The molecule has 0 saturated carbocycles. The molecule has 0 radical (unpaired) electrons. The zero-order valence-electron chi connectivity index (χ0n) is 10.5. The molecule has 0 aliphatic heterocycles. The summed E-state index contributed by atoms with van der Waals surface area (Å²) in [6.07, 6.45) is 2.40. The fraction of sp³-hybridized carbons (Fsp3) is 0.286. The summed E-state index contributed by atoms with van der Waals surface area (Å²) < 4.78 is 1.88. The number of carbonyl (C=O) groups is 2. The van der Waals surface area contributed by atoms with Gasteiger partial charge in [0, 0.05) is 24.7 Å². The van der Waals surface area contributed by atoms with Gasteiger partial charge in [-0.05, 0) is 23.9 Å². The van der Waals surface area contributed by atoms with Crippen LogP contribution < -0.4 is 5.32 Å². The maximum absolute atomic E-state index is 11.7. The Hall–Kier alpha value is -2.30. The van der Waals surface area contributed by atoms with Gasteiger partial charge in [-0.1, -0.05) is 18.2 Å². The minimum Gasteiger partial charge on any atom is -0.481 e. The minimum atomic E-state index is -0.842. The molecule has 100 valence electrons. The first-order valence-electron chi connectivity index (χ1n) is 6.19. The van der Waals surface area contributed by atoms with Crippen molar-refractivity contribution in [2.75, 3.05) is 6.54 Å². The molecule has 2 rings (SSSR count). The van der Waals surface area contributed by atoms with Crippen LogP contribution in [0.2, 0.25) is 0 Å². The number of rotatable bonds is 6. The Bertz CT molecular complexity index is 589. The second kappa shape index (κ2) is 6.04. The van der Waals surface area contributed by atoms with Crippen LogP contribution in [-0.2, 0) is 16.1 Å². The zero-order chi connectivity index (χ0) is 13.7. The Balaban J connectivity index is 1.87. The van der Waals surface area contributed by atoms with Gasteiger partial charge in [0.1, 0.15) is 6.54 Å². The summed E-state index contributed by atoms with van der Waals surface area (Å²) >= 11 is 0. The van der Waals surface area contributed by atoms with Crippen LogP contribution in [0.15, 0.2) is 36.5 Å². The fourth-order valence-electron chi connectivity index (χ4n) is 1.96. The van der Waals surface area contributed by atoms with Gasteiger partial charge in [0.05, 0.1) is 0 Å². The van der Waals surface area contributed by atoms with E-state index >= 15 is 0 Å². The highest BCUT2D eigenvalue weighted by molar-refractivity contribution is 5.83. The van der Waals surface area contributed by atoms with Crippen molar-refractivity contribution >= 4 is 22.8 Å². The third kappa shape index (κ3) is 3.58. The lowest BCUT2D eigenvalue weighted by Gasteiger charge is -2.06. The average Bonchev–Trinajstić information content (AvgIpc) is 2.78. The van der Waals surface area contributed by atoms with Crippen LogP contribution in [0.4, 0.5) is 0 Å². The summed E-state index contributed by atoms with van der Waals surface area (Å²) in [4.78, 5) is 22.0. The van der Waals surface area contributed by atoms with Gasteiger partial charge in [-0.3, -0.25) is 9.59 Å². The number of amides is 1. The van der Waals surface area contributed by atoms with Gasteiger partial charge in [-0.15, -0.1) is 0 Å². The van der Waals surface area contributed by atoms with Crippen LogP contribution in [-0.4, -0.2) is 28.1 Å². The summed E-state index contributed by atoms with van der Waals surface area (Å²) in [6.45, 7) is 0.644. The molecule has 2 aromatic rings. The predicted molar refractivity (Wildman–Crippen MR) is 71.8 cm³/mol. The standard InChI is InChI=1S/C14H16N2O3/c17-13(15-8-3-6-14(18)19)10-16-9-7-11-4-1-2-5-12(11)16/h1-2,4-5,7,9H,3,6,8,10H2,(H,15,17)(H,18,19). The van der Waals surface area contributed by atoms with E-state index < -0.39 is 5.97 Å². The van der Waals surface area contributed by atoms with E-state index in [2.05, 4.69) is 5.32 Å². The molecule has 1 heterocycles. The van der Waals surface area contributed by atoms with E-state index in [4.69, 9.17) is 5.11 Å². The summed E-state index contributed by atoms with van der Waals surface area (Å²) in [6, 6.07) is 9.82. The van der Waals surface area contributed by atoms with Gasteiger partial charge in [-0.2, -0.15) is 0 Å². The molecule has 1 aromatic heterocycles.